The van der Waals surface area contributed by atoms with E-state index in [1.165, 1.54) is 12.1 Å². The van der Waals surface area contributed by atoms with Gasteiger partial charge in [0.25, 0.3) is 0 Å². The van der Waals surface area contributed by atoms with Crippen molar-refractivity contribution in [2.24, 2.45) is 4.99 Å². The van der Waals surface area contributed by atoms with Gasteiger partial charge in [-0.2, -0.15) is 0 Å². The summed E-state index contributed by atoms with van der Waals surface area (Å²) in [5.74, 6) is -0.925. The molecule has 0 spiro atoms. The van der Waals surface area contributed by atoms with Gasteiger partial charge < -0.3 is 9.84 Å². The van der Waals surface area contributed by atoms with Crippen LogP contribution in [0.5, 0.6) is 0 Å². The first-order valence-corrected chi connectivity index (χ1v) is 4.25. The maximum Gasteiger partial charge on any atom is 0.335 e. The number of aliphatic imine (C=N–C) groups is 1. The number of hydrogen-bond donors (Lipinski definition) is 1. The third kappa shape index (κ3) is 2.17. The molecule has 14 heavy (non-hydrogen) atoms. The second kappa shape index (κ2) is 3.59. The van der Waals surface area contributed by atoms with Crippen LogP contribution in [-0.4, -0.2) is 30.0 Å². The number of nitrogens with zero attached hydrogens (tertiary/aromatic N) is 1. The van der Waals surface area contributed by atoms with Crippen LogP contribution in [0.4, 0.5) is 5.69 Å². The Labute approximate surface area is 80.8 Å². The molecule has 0 saturated carbocycles. The molecule has 0 amide bonds. The van der Waals surface area contributed by atoms with Crippen LogP contribution in [0.3, 0.4) is 0 Å². The molecule has 1 aliphatic heterocycles. The molecule has 1 N–H and O–H groups in total. The van der Waals surface area contributed by atoms with E-state index in [0.29, 0.717) is 0 Å². The van der Waals surface area contributed by atoms with E-state index in [4.69, 9.17) is 9.84 Å². The summed E-state index contributed by atoms with van der Waals surface area (Å²) in [7, 11) is 0. The number of benzene rings is 1. The molecule has 1 atom stereocenters. The molecular weight excluding hydrogens is 182 g/mol. The Kier molecular flexibility index (Phi) is 2.28. The fourth-order valence-corrected chi connectivity index (χ4v) is 1.00. The number of aromatic carboxylic acids is 1. The first kappa shape index (κ1) is 8.90. The molecule has 2 rings (SSSR count). The van der Waals surface area contributed by atoms with E-state index in [9.17, 15) is 4.79 Å². The summed E-state index contributed by atoms with van der Waals surface area (Å²) in [4.78, 5) is 14.7. The average molecular weight is 191 g/mol. The van der Waals surface area contributed by atoms with E-state index in [2.05, 4.69) is 4.99 Å². The number of ether oxygens (including phenoxy) is 1. The van der Waals surface area contributed by atoms with Gasteiger partial charge in [0.2, 0.25) is 0 Å². The van der Waals surface area contributed by atoms with Crippen molar-refractivity contribution in [1.29, 1.82) is 0 Å². The van der Waals surface area contributed by atoms with Gasteiger partial charge in [-0.1, -0.05) is 0 Å². The Bertz CT molecular complexity index is 365. The standard InChI is InChI=1S/C10H9NO3/c12-10(13)7-1-3-8(4-2-7)11-5-9-6-14-9/h1-5,9H,6H2,(H,12,13)/t9-/m1/s1. The van der Waals surface area contributed by atoms with Crippen molar-refractivity contribution >= 4 is 17.9 Å². The minimum atomic E-state index is -0.925. The van der Waals surface area contributed by atoms with Crippen LogP contribution in [0.1, 0.15) is 10.4 Å². The number of rotatable bonds is 3. The summed E-state index contributed by atoms with van der Waals surface area (Å²) in [5, 5.41) is 8.65. The largest absolute Gasteiger partial charge is 0.478 e. The van der Waals surface area contributed by atoms with Crippen LogP contribution in [0.15, 0.2) is 29.3 Å². The van der Waals surface area contributed by atoms with Gasteiger partial charge >= 0.3 is 5.97 Å². The highest BCUT2D eigenvalue weighted by molar-refractivity contribution is 5.88. The summed E-state index contributed by atoms with van der Waals surface area (Å²) in [6.45, 7) is 0.733. The molecule has 0 unspecified atom stereocenters. The van der Waals surface area contributed by atoms with Crippen molar-refractivity contribution < 1.29 is 14.6 Å². The van der Waals surface area contributed by atoms with Gasteiger partial charge in [-0.3, -0.25) is 4.99 Å². The Morgan fingerprint density at radius 1 is 1.50 bits per heavy atom. The highest BCUT2D eigenvalue weighted by Gasteiger charge is 2.19. The predicted molar refractivity (Wildman–Crippen MR) is 51.3 cm³/mol. The Morgan fingerprint density at radius 2 is 2.14 bits per heavy atom. The summed E-state index contributed by atoms with van der Waals surface area (Å²) >= 11 is 0. The lowest BCUT2D eigenvalue weighted by Gasteiger charge is -1.94. The maximum absolute atomic E-state index is 10.5. The van der Waals surface area contributed by atoms with Crippen molar-refractivity contribution in [3.8, 4) is 0 Å². The minimum absolute atomic E-state index is 0.147. The zero-order valence-electron chi connectivity index (χ0n) is 7.38. The second-order valence-electron chi connectivity index (χ2n) is 3.00. The van der Waals surface area contributed by atoms with Gasteiger partial charge in [-0.05, 0) is 24.3 Å². The molecule has 1 fully saturated rings. The molecule has 1 saturated heterocycles. The topological polar surface area (TPSA) is 62.2 Å². The van der Waals surface area contributed by atoms with E-state index >= 15 is 0 Å². The third-order valence-electron chi connectivity index (χ3n) is 1.86. The Morgan fingerprint density at radius 3 is 2.64 bits per heavy atom. The van der Waals surface area contributed by atoms with Crippen molar-refractivity contribution in [2.75, 3.05) is 6.61 Å². The highest BCUT2D eigenvalue weighted by atomic mass is 16.6. The van der Waals surface area contributed by atoms with E-state index in [1.807, 2.05) is 0 Å². The lowest BCUT2D eigenvalue weighted by atomic mass is 10.2. The molecule has 0 aromatic heterocycles. The molecule has 0 radical (unpaired) electrons. The van der Waals surface area contributed by atoms with E-state index in [1.54, 1.807) is 18.3 Å². The van der Waals surface area contributed by atoms with Gasteiger partial charge in [0.15, 0.2) is 0 Å². The van der Waals surface area contributed by atoms with Crippen molar-refractivity contribution in [1.82, 2.24) is 0 Å². The molecule has 0 bridgehead atoms. The fourth-order valence-electron chi connectivity index (χ4n) is 1.00. The van der Waals surface area contributed by atoms with Crippen molar-refractivity contribution in [3.63, 3.8) is 0 Å². The summed E-state index contributed by atoms with van der Waals surface area (Å²) in [5.41, 5.74) is 1.01. The van der Waals surface area contributed by atoms with E-state index < -0.39 is 5.97 Å². The first-order valence-electron chi connectivity index (χ1n) is 4.25. The normalized spacial score (nSPS) is 19.9. The zero-order chi connectivity index (χ0) is 9.97. The van der Waals surface area contributed by atoms with Crippen molar-refractivity contribution in [3.05, 3.63) is 29.8 Å². The summed E-state index contributed by atoms with van der Waals surface area (Å²) in [6, 6.07) is 6.40. The van der Waals surface area contributed by atoms with Crippen LogP contribution in [0.25, 0.3) is 0 Å². The van der Waals surface area contributed by atoms with Gasteiger partial charge in [0.05, 0.1) is 17.9 Å². The molecule has 0 aliphatic carbocycles. The first-order chi connectivity index (χ1) is 6.75. The molecule has 4 heteroatoms. The van der Waals surface area contributed by atoms with Crippen LogP contribution in [-0.2, 0) is 4.74 Å². The molecule has 72 valence electrons. The quantitative estimate of drug-likeness (QED) is 0.581. The molecular formula is C10H9NO3. The predicted octanol–water partition coefficient (Wildman–Crippen LogP) is 1.49. The monoisotopic (exact) mass is 191 g/mol. The zero-order valence-corrected chi connectivity index (χ0v) is 7.38. The van der Waals surface area contributed by atoms with Crippen molar-refractivity contribution in [2.45, 2.75) is 6.10 Å². The number of carboxylic acids is 1. The number of hydrogen-bond acceptors (Lipinski definition) is 3. The van der Waals surface area contributed by atoms with Crippen LogP contribution in [0.2, 0.25) is 0 Å². The molecule has 1 aromatic carbocycles. The fraction of sp³-hybridized carbons (Fsp3) is 0.200. The number of epoxide rings is 1. The van der Waals surface area contributed by atoms with Gasteiger partial charge in [-0.25, -0.2) is 4.79 Å². The summed E-state index contributed by atoms with van der Waals surface area (Å²) < 4.78 is 4.95. The lowest BCUT2D eigenvalue weighted by Crippen LogP contribution is -1.94. The Hall–Kier alpha value is -1.68. The molecule has 1 aromatic rings. The smallest absolute Gasteiger partial charge is 0.335 e. The molecule has 4 nitrogen and oxygen atoms in total. The van der Waals surface area contributed by atoms with Crippen LogP contribution in [0, 0.1) is 0 Å². The average Bonchev–Trinajstić information content (AvgIpc) is 2.99. The highest BCUT2D eigenvalue weighted by Crippen LogP contribution is 2.14. The van der Waals surface area contributed by atoms with Crippen LogP contribution < -0.4 is 0 Å². The number of carboxylic acid groups (broad SMARTS) is 1. The molecule has 1 heterocycles. The van der Waals surface area contributed by atoms with Gasteiger partial charge in [0, 0.05) is 6.21 Å². The third-order valence-corrected chi connectivity index (χ3v) is 1.86. The number of carbonyl (C=O) groups is 1. The van der Waals surface area contributed by atoms with Gasteiger partial charge in [0.1, 0.15) is 6.10 Å². The summed E-state index contributed by atoms with van der Waals surface area (Å²) in [6.07, 6.45) is 1.87. The Balaban J connectivity index is 2.08. The minimum Gasteiger partial charge on any atom is -0.478 e. The SMILES string of the molecule is O=C(O)c1ccc(N=C[C@@H]2CO2)cc1. The van der Waals surface area contributed by atoms with Gasteiger partial charge in [-0.15, -0.1) is 0 Å². The lowest BCUT2D eigenvalue weighted by molar-refractivity contribution is 0.0697. The van der Waals surface area contributed by atoms with E-state index in [0.717, 1.165) is 12.3 Å². The molecule has 1 aliphatic rings. The van der Waals surface area contributed by atoms with Crippen LogP contribution >= 0.6 is 0 Å². The maximum atomic E-state index is 10.5. The second-order valence-corrected chi connectivity index (χ2v) is 3.00. The van der Waals surface area contributed by atoms with E-state index in [-0.39, 0.29) is 11.7 Å².